The third kappa shape index (κ3) is 2.93. The quantitative estimate of drug-likeness (QED) is 0.854. The van der Waals surface area contributed by atoms with Crippen LogP contribution in [-0.4, -0.2) is 54.9 Å². The van der Waals surface area contributed by atoms with E-state index in [4.69, 9.17) is 4.74 Å². The average Bonchev–Trinajstić information content (AvgIpc) is 3.39. The summed E-state index contributed by atoms with van der Waals surface area (Å²) in [6, 6.07) is 5.53. The largest absolute Gasteiger partial charge is 0.496 e. The number of amides is 2. The lowest BCUT2D eigenvalue weighted by Gasteiger charge is -2.35. The molecule has 0 unspecified atom stereocenters. The Balaban J connectivity index is 1.63. The zero-order chi connectivity index (χ0) is 15.7. The number of rotatable bonds is 3. The molecule has 0 atom stereocenters. The summed E-state index contributed by atoms with van der Waals surface area (Å²) in [7, 11) is 1.61. The first-order chi connectivity index (χ1) is 10.6. The number of carbonyl (C=O) groups excluding carboxylic acids is 2. The van der Waals surface area contributed by atoms with Gasteiger partial charge in [-0.05, 0) is 37.5 Å². The summed E-state index contributed by atoms with van der Waals surface area (Å²) >= 11 is 0. The van der Waals surface area contributed by atoms with Crippen LogP contribution < -0.4 is 4.74 Å². The average molecular weight is 302 g/mol. The van der Waals surface area contributed by atoms with Crippen LogP contribution in [0.4, 0.5) is 0 Å². The first kappa shape index (κ1) is 14.9. The van der Waals surface area contributed by atoms with E-state index in [9.17, 15) is 9.59 Å². The highest BCUT2D eigenvalue weighted by atomic mass is 16.5. The van der Waals surface area contributed by atoms with Gasteiger partial charge in [0.1, 0.15) is 5.75 Å². The van der Waals surface area contributed by atoms with Crippen molar-refractivity contribution in [1.29, 1.82) is 0 Å². The Hall–Kier alpha value is -2.04. The summed E-state index contributed by atoms with van der Waals surface area (Å²) in [5.74, 6) is 1.26. The zero-order valence-corrected chi connectivity index (χ0v) is 13.2. The Labute approximate surface area is 130 Å². The number of hydrogen-bond donors (Lipinski definition) is 0. The van der Waals surface area contributed by atoms with Crippen molar-refractivity contribution in [3.8, 4) is 5.75 Å². The van der Waals surface area contributed by atoms with Crippen LogP contribution in [-0.2, 0) is 4.79 Å². The van der Waals surface area contributed by atoms with Crippen molar-refractivity contribution in [2.45, 2.75) is 19.8 Å². The lowest BCUT2D eigenvalue weighted by atomic mass is 10.1. The first-order valence-corrected chi connectivity index (χ1v) is 7.83. The van der Waals surface area contributed by atoms with Gasteiger partial charge in [0, 0.05) is 37.7 Å². The maximum absolute atomic E-state index is 12.6. The topological polar surface area (TPSA) is 49.9 Å². The second-order valence-corrected chi connectivity index (χ2v) is 6.08. The maximum Gasteiger partial charge on any atom is 0.254 e. The molecule has 5 heteroatoms. The monoisotopic (exact) mass is 302 g/mol. The lowest BCUT2D eigenvalue weighted by molar-refractivity contribution is -0.134. The van der Waals surface area contributed by atoms with E-state index >= 15 is 0 Å². The maximum atomic E-state index is 12.6. The number of methoxy groups -OCH3 is 1. The molecule has 1 aromatic rings. The molecule has 3 rings (SSSR count). The highest BCUT2D eigenvalue weighted by Gasteiger charge is 2.35. The summed E-state index contributed by atoms with van der Waals surface area (Å²) in [6.45, 7) is 4.45. The van der Waals surface area contributed by atoms with Crippen LogP contribution in [0, 0.1) is 12.8 Å². The van der Waals surface area contributed by atoms with Gasteiger partial charge in [0.2, 0.25) is 5.91 Å². The highest BCUT2D eigenvalue weighted by Crippen LogP contribution is 2.31. The van der Waals surface area contributed by atoms with Crippen molar-refractivity contribution < 1.29 is 14.3 Å². The van der Waals surface area contributed by atoms with Crippen molar-refractivity contribution in [3.05, 3.63) is 29.3 Å². The fraction of sp³-hybridized carbons (Fsp3) is 0.529. The third-order valence-corrected chi connectivity index (χ3v) is 4.46. The number of carbonyl (C=O) groups is 2. The molecule has 1 heterocycles. The number of hydrogen-bond acceptors (Lipinski definition) is 3. The normalized spacial score (nSPS) is 18.3. The van der Waals surface area contributed by atoms with Gasteiger partial charge in [-0.25, -0.2) is 0 Å². The Morgan fingerprint density at radius 2 is 1.73 bits per heavy atom. The van der Waals surface area contributed by atoms with Gasteiger partial charge < -0.3 is 14.5 Å². The summed E-state index contributed by atoms with van der Waals surface area (Å²) < 4.78 is 5.28. The number of piperazine rings is 1. The molecule has 22 heavy (non-hydrogen) atoms. The summed E-state index contributed by atoms with van der Waals surface area (Å²) in [5, 5.41) is 0. The summed E-state index contributed by atoms with van der Waals surface area (Å²) in [6.07, 6.45) is 2.06. The van der Waals surface area contributed by atoms with Gasteiger partial charge in [-0.2, -0.15) is 0 Å². The first-order valence-electron chi connectivity index (χ1n) is 7.83. The Bertz CT molecular complexity index is 588. The smallest absolute Gasteiger partial charge is 0.254 e. The molecule has 1 aromatic carbocycles. The Kier molecular flexibility index (Phi) is 4.05. The third-order valence-electron chi connectivity index (χ3n) is 4.46. The van der Waals surface area contributed by atoms with E-state index in [1.807, 2.05) is 28.9 Å². The molecule has 0 radical (unpaired) electrons. The molecular weight excluding hydrogens is 280 g/mol. The second-order valence-electron chi connectivity index (χ2n) is 6.08. The number of ether oxygens (including phenoxy) is 1. The number of aryl methyl sites for hydroxylation is 1. The van der Waals surface area contributed by atoms with Gasteiger partial charge in [-0.1, -0.05) is 6.07 Å². The van der Waals surface area contributed by atoms with E-state index in [1.165, 1.54) is 0 Å². The molecule has 2 amide bonds. The van der Waals surface area contributed by atoms with E-state index in [0.29, 0.717) is 31.7 Å². The van der Waals surface area contributed by atoms with Crippen molar-refractivity contribution in [3.63, 3.8) is 0 Å². The zero-order valence-electron chi connectivity index (χ0n) is 13.2. The molecule has 1 saturated carbocycles. The van der Waals surface area contributed by atoms with Crippen LogP contribution in [0.15, 0.2) is 18.2 Å². The summed E-state index contributed by atoms with van der Waals surface area (Å²) in [5.41, 5.74) is 1.66. The molecule has 0 bridgehead atoms. The van der Waals surface area contributed by atoms with Crippen molar-refractivity contribution >= 4 is 11.8 Å². The minimum absolute atomic E-state index is 0.0109. The van der Waals surface area contributed by atoms with Crippen molar-refractivity contribution in [1.82, 2.24) is 9.80 Å². The van der Waals surface area contributed by atoms with Crippen LogP contribution in [0.3, 0.4) is 0 Å². The van der Waals surface area contributed by atoms with Crippen molar-refractivity contribution in [2.75, 3.05) is 33.3 Å². The van der Waals surface area contributed by atoms with Crippen LogP contribution in [0.25, 0.3) is 0 Å². The van der Waals surface area contributed by atoms with Gasteiger partial charge >= 0.3 is 0 Å². The molecule has 0 N–H and O–H groups in total. The van der Waals surface area contributed by atoms with E-state index in [0.717, 1.165) is 24.2 Å². The molecule has 2 fully saturated rings. The van der Waals surface area contributed by atoms with Gasteiger partial charge in [0.25, 0.3) is 5.91 Å². The Morgan fingerprint density at radius 1 is 1.09 bits per heavy atom. The Morgan fingerprint density at radius 3 is 2.32 bits per heavy atom. The fourth-order valence-corrected chi connectivity index (χ4v) is 2.85. The molecule has 0 spiro atoms. The van der Waals surface area contributed by atoms with E-state index in [1.54, 1.807) is 13.2 Å². The molecule has 0 aromatic heterocycles. The second kappa shape index (κ2) is 5.99. The number of nitrogens with zero attached hydrogens (tertiary/aromatic N) is 2. The van der Waals surface area contributed by atoms with Gasteiger partial charge in [0.05, 0.1) is 7.11 Å². The van der Waals surface area contributed by atoms with Crippen LogP contribution >= 0.6 is 0 Å². The minimum Gasteiger partial charge on any atom is -0.496 e. The number of benzene rings is 1. The van der Waals surface area contributed by atoms with E-state index in [-0.39, 0.29) is 17.7 Å². The lowest BCUT2D eigenvalue weighted by Crippen LogP contribution is -2.51. The van der Waals surface area contributed by atoms with Crippen LogP contribution in [0.5, 0.6) is 5.75 Å². The molecule has 1 aliphatic heterocycles. The predicted octanol–water partition coefficient (Wildman–Crippen LogP) is 1.70. The van der Waals surface area contributed by atoms with E-state index < -0.39 is 0 Å². The molecule has 2 aliphatic rings. The molecule has 1 saturated heterocycles. The molecular formula is C17H22N2O3. The molecule has 118 valence electrons. The van der Waals surface area contributed by atoms with Gasteiger partial charge in [-0.3, -0.25) is 9.59 Å². The van der Waals surface area contributed by atoms with Crippen LogP contribution in [0.2, 0.25) is 0 Å². The molecule has 5 nitrogen and oxygen atoms in total. The van der Waals surface area contributed by atoms with E-state index in [2.05, 4.69) is 0 Å². The van der Waals surface area contributed by atoms with Gasteiger partial charge in [0.15, 0.2) is 0 Å². The van der Waals surface area contributed by atoms with Gasteiger partial charge in [-0.15, -0.1) is 0 Å². The minimum atomic E-state index is 0.0109. The van der Waals surface area contributed by atoms with Crippen molar-refractivity contribution in [2.24, 2.45) is 5.92 Å². The summed E-state index contributed by atoms with van der Waals surface area (Å²) in [4.78, 5) is 28.3. The highest BCUT2D eigenvalue weighted by molar-refractivity contribution is 5.95. The fourth-order valence-electron chi connectivity index (χ4n) is 2.85. The predicted molar refractivity (Wildman–Crippen MR) is 82.9 cm³/mol. The van der Waals surface area contributed by atoms with Crippen LogP contribution in [0.1, 0.15) is 28.8 Å². The SMILES string of the molecule is COc1cc(C(=O)N2CCN(C(=O)C3CC3)CC2)ccc1C. The molecule has 1 aliphatic carbocycles. The standard InChI is InChI=1S/C17H22N2O3/c1-12-3-4-14(11-15(12)22-2)17(21)19-9-7-18(8-10-19)16(20)13-5-6-13/h3-4,11,13H,5-10H2,1-2H3.